The van der Waals surface area contributed by atoms with Crippen molar-refractivity contribution in [1.29, 1.82) is 0 Å². The van der Waals surface area contributed by atoms with Gasteiger partial charge in [0, 0.05) is 11.4 Å². The Morgan fingerprint density at radius 3 is 2.35 bits per heavy atom. The highest BCUT2D eigenvalue weighted by Crippen LogP contribution is 2.13. The molecule has 1 N–H and O–H groups in total. The van der Waals surface area contributed by atoms with Crippen molar-refractivity contribution in [2.45, 2.75) is 18.6 Å². The maximum absolute atomic E-state index is 11.6. The molecule has 0 fully saturated rings. The molecule has 0 heterocycles. The number of hydrogen-bond acceptors (Lipinski definition) is 3. The lowest BCUT2D eigenvalue weighted by molar-refractivity contribution is -0.137. The van der Waals surface area contributed by atoms with Crippen LogP contribution >= 0.6 is 11.6 Å². The number of benzene rings is 1. The molecule has 0 atom stereocenters. The maximum atomic E-state index is 11.6. The molecule has 94 valence electrons. The van der Waals surface area contributed by atoms with Crippen LogP contribution in [0.1, 0.15) is 18.4 Å². The quantitative estimate of drug-likeness (QED) is 0.864. The van der Waals surface area contributed by atoms with Gasteiger partial charge in [-0.3, -0.25) is 4.79 Å². The van der Waals surface area contributed by atoms with Gasteiger partial charge in [-0.1, -0.05) is 23.7 Å². The van der Waals surface area contributed by atoms with Crippen molar-refractivity contribution in [1.82, 2.24) is 0 Å². The molecule has 0 bridgehead atoms. The number of carbonyl (C=O) groups is 1. The van der Waals surface area contributed by atoms with E-state index in [0.29, 0.717) is 10.6 Å². The molecule has 1 rings (SSSR count). The molecule has 0 saturated carbocycles. The van der Waals surface area contributed by atoms with Gasteiger partial charge in [0.05, 0.1) is 11.5 Å². The molecule has 0 aliphatic carbocycles. The number of halogens is 1. The summed E-state index contributed by atoms with van der Waals surface area (Å²) in [6.07, 6.45) is 0.0190. The van der Waals surface area contributed by atoms with Crippen LogP contribution in [-0.2, 0) is 20.4 Å². The summed E-state index contributed by atoms with van der Waals surface area (Å²) in [5, 5.41) is 8.97. The second-order valence-corrected chi connectivity index (χ2v) is 6.34. The van der Waals surface area contributed by atoms with E-state index in [4.69, 9.17) is 16.7 Å². The highest BCUT2D eigenvalue weighted by atomic mass is 35.5. The Balaban J connectivity index is 2.54. The largest absolute Gasteiger partial charge is 0.481 e. The molecular weight excluding hydrogens is 264 g/mol. The van der Waals surface area contributed by atoms with E-state index in [1.54, 1.807) is 24.3 Å². The van der Waals surface area contributed by atoms with E-state index < -0.39 is 15.8 Å². The summed E-state index contributed by atoms with van der Waals surface area (Å²) in [6, 6.07) is 6.56. The van der Waals surface area contributed by atoms with Crippen molar-refractivity contribution in [3.05, 3.63) is 34.9 Å². The third kappa shape index (κ3) is 5.70. The average molecular weight is 277 g/mol. The highest BCUT2D eigenvalue weighted by Gasteiger charge is 2.12. The van der Waals surface area contributed by atoms with Crippen molar-refractivity contribution >= 4 is 27.4 Å². The molecule has 0 unspecified atom stereocenters. The van der Waals surface area contributed by atoms with Crippen LogP contribution in [0.2, 0.25) is 5.02 Å². The zero-order valence-electron chi connectivity index (χ0n) is 9.10. The van der Waals surface area contributed by atoms with E-state index in [1.807, 2.05) is 0 Å². The van der Waals surface area contributed by atoms with Gasteiger partial charge >= 0.3 is 5.97 Å². The highest BCUT2D eigenvalue weighted by molar-refractivity contribution is 7.90. The summed E-state index contributed by atoms with van der Waals surface area (Å²) in [6.45, 7) is 0. The molecule has 17 heavy (non-hydrogen) atoms. The molecular formula is C11H13ClO4S. The van der Waals surface area contributed by atoms with Crippen molar-refractivity contribution in [3.63, 3.8) is 0 Å². The molecule has 0 aromatic heterocycles. The minimum absolute atomic E-state index is 0.0796. The minimum Gasteiger partial charge on any atom is -0.481 e. The van der Waals surface area contributed by atoms with Crippen molar-refractivity contribution in [2.75, 3.05) is 5.75 Å². The first-order valence-electron chi connectivity index (χ1n) is 5.06. The number of carboxylic acid groups (broad SMARTS) is 1. The van der Waals surface area contributed by atoms with Gasteiger partial charge in [0.15, 0.2) is 9.84 Å². The van der Waals surface area contributed by atoms with E-state index >= 15 is 0 Å². The lowest BCUT2D eigenvalue weighted by Gasteiger charge is -2.03. The molecule has 0 amide bonds. The second kappa shape index (κ2) is 6.02. The SMILES string of the molecule is O=C(O)CCCS(=O)(=O)Cc1ccc(Cl)cc1. The molecule has 0 spiro atoms. The summed E-state index contributed by atoms with van der Waals surface area (Å²) < 4.78 is 23.3. The van der Waals surface area contributed by atoms with E-state index in [0.717, 1.165) is 0 Å². The fourth-order valence-electron chi connectivity index (χ4n) is 1.35. The normalized spacial score (nSPS) is 11.4. The lowest BCUT2D eigenvalue weighted by Crippen LogP contribution is -2.10. The first kappa shape index (κ1) is 14.0. The summed E-state index contributed by atoms with van der Waals surface area (Å²) in [5.41, 5.74) is 0.657. The van der Waals surface area contributed by atoms with Gasteiger partial charge in [0.2, 0.25) is 0 Å². The van der Waals surface area contributed by atoms with Crippen LogP contribution in [-0.4, -0.2) is 25.2 Å². The second-order valence-electron chi connectivity index (χ2n) is 3.72. The molecule has 0 aliphatic heterocycles. The predicted octanol–water partition coefficient (Wildman–Crippen LogP) is 2.12. The van der Waals surface area contributed by atoms with Gasteiger partial charge in [-0.2, -0.15) is 0 Å². The van der Waals surface area contributed by atoms with Crippen LogP contribution in [0.4, 0.5) is 0 Å². The van der Waals surface area contributed by atoms with Crippen LogP contribution in [0.5, 0.6) is 0 Å². The monoisotopic (exact) mass is 276 g/mol. The van der Waals surface area contributed by atoms with Crippen LogP contribution in [0.25, 0.3) is 0 Å². The molecule has 1 aromatic rings. The van der Waals surface area contributed by atoms with E-state index in [1.165, 1.54) is 0 Å². The molecule has 4 nitrogen and oxygen atoms in total. The first-order chi connectivity index (χ1) is 7.89. The van der Waals surface area contributed by atoms with Crippen molar-refractivity contribution in [3.8, 4) is 0 Å². The van der Waals surface area contributed by atoms with Crippen molar-refractivity contribution < 1.29 is 18.3 Å². The van der Waals surface area contributed by atoms with E-state index in [2.05, 4.69) is 0 Å². The van der Waals surface area contributed by atoms with Crippen LogP contribution < -0.4 is 0 Å². The number of carboxylic acids is 1. The van der Waals surface area contributed by atoms with Gasteiger partial charge in [0.1, 0.15) is 0 Å². The standard InChI is InChI=1S/C11H13ClO4S/c12-10-5-3-9(4-6-10)8-17(15,16)7-1-2-11(13)14/h3-6H,1-2,7-8H2,(H,13,14). The third-order valence-corrected chi connectivity index (χ3v) is 4.08. The van der Waals surface area contributed by atoms with E-state index in [-0.39, 0.29) is 24.3 Å². The van der Waals surface area contributed by atoms with Gasteiger partial charge in [0.25, 0.3) is 0 Å². The van der Waals surface area contributed by atoms with Crippen molar-refractivity contribution in [2.24, 2.45) is 0 Å². The fraction of sp³-hybridized carbons (Fsp3) is 0.364. The first-order valence-corrected chi connectivity index (χ1v) is 7.26. The Hall–Kier alpha value is -1.07. The fourth-order valence-corrected chi connectivity index (χ4v) is 2.90. The van der Waals surface area contributed by atoms with Gasteiger partial charge in [-0.05, 0) is 24.1 Å². The molecule has 0 aliphatic rings. The Morgan fingerprint density at radius 2 is 1.82 bits per heavy atom. The molecule has 0 saturated heterocycles. The zero-order chi connectivity index (χ0) is 12.9. The Labute approximate surface area is 105 Å². The zero-order valence-corrected chi connectivity index (χ0v) is 10.7. The summed E-state index contributed by atoms with van der Waals surface area (Å²) in [5.74, 6) is -1.17. The van der Waals surface area contributed by atoms with Gasteiger partial charge in [-0.25, -0.2) is 8.42 Å². The molecule has 1 aromatic carbocycles. The smallest absolute Gasteiger partial charge is 0.303 e. The number of rotatable bonds is 6. The van der Waals surface area contributed by atoms with Crippen LogP contribution in [0.15, 0.2) is 24.3 Å². The third-order valence-electron chi connectivity index (χ3n) is 2.15. The average Bonchev–Trinajstić information content (AvgIpc) is 2.20. The topological polar surface area (TPSA) is 71.4 Å². The van der Waals surface area contributed by atoms with E-state index in [9.17, 15) is 13.2 Å². The summed E-state index contributed by atoms with van der Waals surface area (Å²) in [7, 11) is -3.25. The lowest BCUT2D eigenvalue weighted by atomic mass is 10.2. The van der Waals surface area contributed by atoms with Crippen LogP contribution in [0.3, 0.4) is 0 Å². The predicted molar refractivity (Wildman–Crippen MR) is 65.8 cm³/mol. The Kier molecular flexibility index (Phi) is 4.96. The number of hydrogen-bond donors (Lipinski definition) is 1. The van der Waals surface area contributed by atoms with Crippen LogP contribution in [0, 0.1) is 0 Å². The summed E-state index contributed by atoms with van der Waals surface area (Å²) >= 11 is 5.69. The number of sulfone groups is 1. The van der Waals surface area contributed by atoms with Gasteiger partial charge < -0.3 is 5.11 Å². The molecule has 6 heteroatoms. The number of aliphatic carboxylic acids is 1. The minimum atomic E-state index is -3.25. The maximum Gasteiger partial charge on any atom is 0.303 e. The Bertz CT molecular complexity index is 479. The Morgan fingerprint density at radius 1 is 1.24 bits per heavy atom. The van der Waals surface area contributed by atoms with Gasteiger partial charge in [-0.15, -0.1) is 0 Å². The molecule has 0 radical (unpaired) electrons. The summed E-state index contributed by atoms with van der Waals surface area (Å²) in [4.78, 5) is 10.3.